The van der Waals surface area contributed by atoms with Gasteiger partial charge in [-0.15, -0.1) is 0 Å². The number of hydrogen-bond acceptors (Lipinski definition) is 1. The van der Waals surface area contributed by atoms with Crippen LogP contribution in [0.25, 0.3) is 0 Å². The minimum Gasteiger partial charge on any atom is -0.266 e. The molecule has 1 heterocycles. The topological polar surface area (TPSA) is 17.8 Å². The van der Waals surface area contributed by atoms with E-state index in [0.717, 1.165) is 27.2 Å². The number of hydrogen-bond donors (Lipinski definition) is 0. The van der Waals surface area contributed by atoms with Crippen LogP contribution in [0.5, 0.6) is 0 Å². The van der Waals surface area contributed by atoms with E-state index in [4.69, 9.17) is 0 Å². The van der Waals surface area contributed by atoms with Gasteiger partial charge in [-0.3, -0.25) is 4.57 Å². The van der Waals surface area contributed by atoms with Crippen LogP contribution in [0, 0.1) is 0 Å². The third-order valence-electron chi connectivity index (χ3n) is 1.46. The van der Waals surface area contributed by atoms with Gasteiger partial charge in [0.05, 0.1) is 0 Å². The van der Waals surface area contributed by atoms with Crippen LogP contribution in [0.15, 0.2) is 12.4 Å². The molecule has 0 bridgehead atoms. The molecule has 68 valence electrons. The van der Waals surface area contributed by atoms with Crippen molar-refractivity contribution in [2.75, 3.05) is 0 Å². The van der Waals surface area contributed by atoms with Crippen LogP contribution >= 0.6 is 22.6 Å². The van der Waals surface area contributed by atoms with Gasteiger partial charge in [0.25, 0.3) is 0 Å². The number of imidazole rings is 1. The van der Waals surface area contributed by atoms with Gasteiger partial charge in [-0.05, 0) is 0 Å². The van der Waals surface area contributed by atoms with E-state index in [9.17, 15) is 8.78 Å². The van der Waals surface area contributed by atoms with E-state index in [0.29, 0.717) is 5.82 Å². The number of nitrogens with zero attached hydrogens (tertiary/aromatic N) is 2. The smallest absolute Gasteiger partial charge is 0.266 e. The van der Waals surface area contributed by atoms with Crippen LogP contribution in [0.3, 0.4) is 0 Å². The third-order valence-corrected chi connectivity index (χ3v) is 1.98. The molecule has 0 aliphatic carbocycles. The molecule has 0 aromatic carbocycles. The highest BCUT2D eigenvalue weighted by Gasteiger charge is 2.29. The van der Waals surface area contributed by atoms with E-state index in [1.807, 2.05) is 13.8 Å². The number of halogens is 3. The van der Waals surface area contributed by atoms with E-state index in [1.165, 1.54) is 12.4 Å². The zero-order valence-electron chi connectivity index (χ0n) is 6.76. The van der Waals surface area contributed by atoms with Crippen molar-refractivity contribution in [2.45, 2.75) is 23.8 Å². The second-order valence-corrected chi connectivity index (χ2v) is 4.08. The highest BCUT2D eigenvalue weighted by molar-refractivity contribution is 14.1. The molecule has 0 unspecified atom stereocenters. The van der Waals surface area contributed by atoms with Crippen molar-refractivity contribution in [3.63, 3.8) is 0 Å². The van der Waals surface area contributed by atoms with Crippen molar-refractivity contribution in [1.82, 2.24) is 9.55 Å². The molecule has 0 spiro atoms. The average molecular weight is 286 g/mol. The van der Waals surface area contributed by atoms with Crippen molar-refractivity contribution >= 4 is 22.6 Å². The Kier molecular flexibility index (Phi) is 2.70. The lowest BCUT2D eigenvalue weighted by atomic mass is 10.2. The molecule has 0 saturated heterocycles. The second kappa shape index (κ2) is 3.27. The first kappa shape index (κ1) is 9.88. The first-order chi connectivity index (χ1) is 5.43. The summed E-state index contributed by atoms with van der Waals surface area (Å²) in [6.07, 6.45) is 2.68. The summed E-state index contributed by atoms with van der Waals surface area (Å²) in [6.45, 7) is 3.67. The van der Waals surface area contributed by atoms with Crippen molar-refractivity contribution in [2.24, 2.45) is 0 Å². The van der Waals surface area contributed by atoms with Gasteiger partial charge in [0, 0.05) is 40.9 Å². The van der Waals surface area contributed by atoms with Gasteiger partial charge in [0.15, 0.2) is 0 Å². The van der Waals surface area contributed by atoms with Crippen molar-refractivity contribution in [3.8, 4) is 0 Å². The van der Waals surface area contributed by atoms with Gasteiger partial charge in [-0.25, -0.2) is 4.98 Å². The quantitative estimate of drug-likeness (QED) is 0.603. The first-order valence-electron chi connectivity index (χ1n) is 3.53. The van der Waals surface area contributed by atoms with Gasteiger partial charge in [0.2, 0.25) is 0 Å². The molecule has 12 heavy (non-hydrogen) atoms. The second-order valence-electron chi connectivity index (χ2n) is 2.78. The Labute approximate surface area is 83.1 Å². The van der Waals surface area contributed by atoms with E-state index in [2.05, 4.69) is 4.98 Å². The fraction of sp³-hybridized carbons (Fsp3) is 0.571. The zero-order chi connectivity index (χ0) is 9.35. The lowest BCUT2D eigenvalue weighted by Gasteiger charge is -2.14. The molecule has 1 aromatic rings. The summed E-state index contributed by atoms with van der Waals surface area (Å²) in [7, 11) is 0. The molecule has 0 N–H and O–H groups in total. The summed E-state index contributed by atoms with van der Waals surface area (Å²) < 4.78 is 23.6. The third kappa shape index (κ3) is 1.94. The predicted octanol–water partition coefficient (Wildman–Crippen LogP) is 2.95. The molecular formula is C7H9F2IN2. The summed E-state index contributed by atoms with van der Waals surface area (Å²) in [5.41, 5.74) is 0. The van der Waals surface area contributed by atoms with E-state index in [1.54, 1.807) is 0 Å². The molecule has 1 rings (SSSR count). The Balaban J connectivity index is 3.08. The molecule has 0 amide bonds. The molecule has 1 aromatic heterocycles. The van der Waals surface area contributed by atoms with Crippen LogP contribution in [0.1, 0.15) is 25.6 Å². The lowest BCUT2D eigenvalue weighted by molar-refractivity contribution is 0.0422. The van der Waals surface area contributed by atoms with E-state index >= 15 is 0 Å². The van der Waals surface area contributed by atoms with Gasteiger partial charge in [-0.1, -0.05) is 13.8 Å². The number of aromatic nitrogens is 2. The van der Waals surface area contributed by atoms with Crippen molar-refractivity contribution in [3.05, 3.63) is 18.2 Å². The monoisotopic (exact) mass is 286 g/mol. The zero-order valence-corrected chi connectivity index (χ0v) is 8.92. The highest BCUT2D eigenvalue weighted by atomic mass is 127. The fourth-order valence-electron chi connectivity index (χ4n) is 0.957. The summed E-state index contributed by atoms with van der Waals surface area (Å²) in [4.78, 5) is 3.86. The maximum Gasteiger partial charge on any atom is 0.381 e. The van der Waals surface area contributed by atoms with Crippen LogP contribution in [-0.4, -0.2) is 9.55 Å². The van der Waals surface area contributed by atoms with Crippen molar-refractivity contribution < 1.29 is 8.78 Å². The summed E-state index contributed by atoms with van der Waals surface area (Å²) in [5, 5.41) is 0. The molecule has 2 nitrogen and oxygen atoms in total. The molecule has 0 aliphatic heterocycles. The molecule has 0 saturated carbocycles. The normalized spacial score (nSPS) is 12.5. The summed E-state index contributed by atoms with van der Waals surface area (Å²) in [6, 6.07) is 0. The van der Waals surface area contributed by atoms with Gasteiger partial charge in [-0.2, -0.15) is 8.78 Å². The standard InChI is InChI=1S/C7H9F2IN2/c1-5(2)6-11-3-4-12(6)7(8,9)10/h3-5H,1-2H3. The van der Waals surface area contributed by atoms with E-state index < -0.39 is 4.05 Å². The lowest BCUT2D eigenvalue weighted by Crippen LogP contribution is -2.17. The Morgan fingerprint density at radius 3 is 2.50 bits per heavy atom. The Morgan fingerprint density at radius 1 is 1.58 bits per heavy atom. The van der Waals surface area contributed by atoms with Crippen LogP contribution in [0.4, 0.5) is 8.78 Å². The maximum atomic E-state index is 12.8. The number of alkyl halides is 3. The molecule has 0 radical (unpaired) electrons. The fourth-order valence-corrected chi connectivity index (χ4v) is 1.36. The Morgan fingerprint density at radius 2 is 2.17 bits per heavy atom. The summed E-state index contributed by atoms with van der Waals surface area (Å²) in [5.74, 6) is 0.426. The van der Waals surface area contributed by atoms with Crippen LogP contribution < -0.4 is 0 Å². The molecule has 5 heteroatoms. The van der Waals surface area contributed by atoms with Gasteiger partial charge < -0.3 is 0 Å². The minimum absolute atomic E-state index is 0.0145. The minimum atomic E-state index is -2.88. The molecule has 0 fully saturated rings. The van der Waals surface area contributed by atoms with Crippen LogP contribution in [0.2, 0.25) is 0 Å². The van der Waals surface area contributed by atoms with Gasteiger partial charge in [0.1, 0.15) is 5.82 Å². The number of rotatable bonds is 2. The SMILES string of the molecule is CC(C)c1nccn1C(F)(F)I. The Hall–Kier alpha value is -0.200. The maximum absolute atomic E-state index is 12.8. The largest absolute Gasteiger partial charge is 0.381 e. The molecule has 0 aliphatic rings. The molecule has 0 atom stereocenters. The molecular weight excluding hydrogens is 277 g/mol. The van der Waals surface area contributed by atoms with Gasteiger partial charge >= 0.3 is 4.05 Å². The predicted molar refractivity (Wildman–Crippen MR) is 50.5 cm³/mol. The van der Waals surface area contributed by atoms with Crippen molar-refractivity contribution in [1.29, 1.82) is 0 Å². The summed E-state index contributed by atoms with van der Waals surface area (Å²) >= 11 is 1.09. The Bertz CT molecular complexity index is 265. The first-order valence-corrected chi connectivity index (χ1v) is 4.61. The average Bonchev–Trinajstić information content (AvgIpc) is 2.30. The van der Waals surface area contributed by atoms with E-state index in [-0.39, 0.29) is 5.92 Å². The highest BCUT2D eigenvalue weighted by Crippen LogP contribution is 2.31. The van der Waals surface area contributed by atoms with Crippen LogP contribution in [-0.2, 0) is 4.05 Å².